The number of aromatic carboxylic acids is 1. The van der Waals surface area contributed by atoms with E-state index in [9.17, 15) is 13.2 Å². The molecule has 0 saturated carbocycles. The van der Waals surface area contributed by atoms with E-state index in [4.69, 9.17) is 9.84 Å². The van der Waals surface area contributed by atoms with Crippen molar-refractivity contribution in [2.45, 2.75) is 4.90 Å². The van der Waals surface area contributed by atoms with Crippen LogP contribution < -0.4 is 9.46 Å². The average molecular weight is 308 g/mol. The molecule has 0 radical (unpaired) electrons. The van der Waals surface area contributed by atoms with Crippen molar-refractivity contribution in [3.05, 3.63) is 48.2 Å². The molecule has 0 fully saturated rings. The lowest BCUT2D eigenvalue weighted by molar-refractivity contribution is 0.0697. The Morgan fingerprint density at radius 2 is 1.90 bits per heavy atom. The second kappa shape index (κ2) is 5.80. The maximum Gasteiger partial charge on any atom is 0.335 e. The normalized spacial score (nSPS) is 10.9. The molecular formula is C13H12N2O5S. The molecule has 1 heterocycles. The lowest BCUT2D eigenvalue weighted by atomic mass is 10.3. The Balaban J connectivity index is 2.28. The van der Waals surface area contributed by atoms with Crippen molar-refractivity contribution in [2.75, 3.05) is 11.8 Å². The zero-order valence-corrected chi connectivity index (χ0v) is 11.8. The summed E-state index contributed by atoms with van der Waals surface area (Å²) in [6.07, 6.45) is 1.22. The van der Waals surface area contributed by atoms with Crippen LogP contribution in [0.2, 0.25) is 0 Å². The maximum absolute atomic E-state index is 12.1. The number of aromatic nitrogens is 1. The van der Waals surface area contributed by atoms with E-state index in [-0.39, 0.29) is 16.3 Å². The smallest absolute Gasteiger partial charge is 0.335 e. The highest BCUT2D eigenvalue weighted by Gasteiger charge is 2.15. The van der Waals surface area contributed by atoms with Gasteiger partial charge in [-0.15, -0.1) is 0 Å². The van der Waals surface area contributed by atoms with Crippen LogP contribution >= 0.6 is 0 Å². The van der Waals surface area contributed by atoms with Gasteiger partial charge in [0.05, 0.1) is 17.6 Å². The van der Waals surface area contributed by atoms with Crippen molar-refractivity contribution in [2.24, 2.45) is 0 Å². The zero-order valence-electron chi connectivity index (χ0n) is 11.0. The molecule has 0 unspecified atom stereocenters. The number of ether oxygens (including phenoxy) is 1. The van der Waals surface area contributed by atoms with Crippen molar-refractivity contribution in [1.29, 1.82) is 0 Å². The van der Waals surface area contributed by atoms with Gasteiger partial charge in [-0.1, -0.05) is 0 Å². The zero-order chi connectivity index (χ0) is 15.5. The van der Waals surface area contributed by atoms with Gasteiger partial charge in [0.2, 0.25) is 0 Å². The molecule has 1 aromatic heterocycles. The minimum absolute atomic E-state index is 0.0193. The summed E-state index contributed by atoms with van der Waals surface area (Å²) >= 11 is 0. The molecule has 8 heteroatoms. The maximum atomic E-state index is 12.1. The number of nitrogens with one attached hydrogen (secondary N) is 1. The van der Waals surface area contributed by atoms with Crippen LogP contribution in [0.15, 0.2) is 47.5 Å². The minimum atomic E-state index is -3.84. The highest BCUT2D eigenvalue weighted by Crippen LogP contribution is 2.18. The molecule has 110 valence electrons. The summed E-state index contributed by atoms with van der Waals surface area (Å²) in [6, 6.07) is 8.19. The Kier molecular flexibility index (Phi) is 4.08. The molecule has 2 rings (SSSR count). The van der Waals surface area contributed by atoms with Crippen LogP contribution in [0, 0.1) is 0 Å². The number of nitrogens with zero attached hydrogens (tertiary/aromatic N) is 1. The Bertz CT molecular complexity index is 756. The molecule has 2 N–H and O–H groups in total. The number of sulfonamides is 1. The van der Waals surface area contributed by atoms with E-state index in [2.05, 4.69) is 9.71 Å². The fourth-order valence-electron chi connectivity index (χ4n) is 1.57. The average Bonchev–Trinajstić information content (AvgIpc) is 2.47. The molecule has 7 nitrogen and oxygen atoms in total. The van der Waals surface area contributed by atoms with Gasteiger partial charge in [-0.25, -0.2) is 18.2 Å². The molecule has 2 aromatic rings. The predicted molar refractivity (Wildman–Crippen MR) is 75.0 cm³/mol. The van der Waals surface area contributed by atoms with Crippen molar-refractivity contribution in [3.8, 4) is 5.75 Å². The number of methoxy groups -OCH3 is 1. The van der Waals surface area contributed by atoms with E-state index < -0.39 is 16.0 Å². The summed E-state index contributed by atoms with van der Waals surface area (Å²) in [5.74, 6) is -0.701. The Labute approximate surface area is 121 Å². The Morgan fingerprint density at radius 3 is 2.48 bits per heavy atom. The van der Waals surface area contributed by atoms with Crippen LogP contribution in [-0.4, -0.2) is 31.6 Å². The standard InChI is InChI=1S/C13H12N2O5S/c1-20-10-2-4-11(5-3-10)21(18,19)15-12-8-9(13(16)17)6-7-14-12/h2-8H,1H3,(H,14,15)(H,16,17). The number of hydrogen-bond acceptors (Lipinski definition) is 5. The van der Waals surface area contributed by atoms with Crippen molar-refractivity contribution in [1.82, 2.24) is 4.98 Å². The van der Waals surface area contributed by atoms with Crippen LogP contribution in [0.5, 0.6) is 5.75 Å². The van der Waals surface area contributed by atoms with E-state index in [0.717, 1.165) is 6.07 Å². The number of benzene rings is 1. The molecule has 0 amide bonds. The number of pyridine rings is 1. The Hall–Kier alpha value is -2.61. The number of carboxylic acid groups (broad SMARTS) is 1. The molecule has 21 heavy (non-hydrogen) atoms. The SMILES string of the molecule is COc1ccc(S(=O)(=O)Nc2cc(C(=O)O)ccn2)cc1. The van der Waals surface area contributed by atoms with Gasteiger partial charge in [-0.2, -0.15) is 0 Å². The van der Waals surface area contributed by atoms with Gasteiger partial charge in [-0.05, 0) is 36.4 Å². The first-order valence-electron chi connectivity index (χ1n) is 5.78. The second-order valence-electron chi connectivity index (χ2n) is 4.02. The summed E-state index contributed by atoms with van der Waals surface area (Å²) in [7, 11) is -2.37. The van der Waals surface area contributed by atoms with Gasteiger partial charge in [0.1, 0.15) is 11.6 Å². The molecule has 0 bridgehead atoms. The first-order chi connectivity index (χ1) is 9.92. The van der Waals surface area contributed by atoms with Gasteiger partial charge < -0.3 is 9.84 Å². The van der Waals surface area contributed by atoms with E-state index in [1.807, 2.05) is 0 Å². The van der Waals surface area contributed by atoms with Gasteiger partial charge in [0, 0.05) is 6.20 Å². The van der Waals surface area contributed by atoms with E-state index in [1.165, 1.54) is 43.6 Å². The minimum Gasteiger partial charge on any atom is -0.497 e. The molecule has 0 saturated heterocycles. The summed E-state index contributed by atoms with van der Waals surface area (Å²) in [5, 5.41) is 8.86. The quantitative estimate of drug-likeness (QED) is 0.869. The van der Waals surface area contributed by atoms with Crippen molar-refractivity contribution >= 4 is 21.8 Å². The van der Waals surface area contributed by atoms with Gasteiger partial charge >= 0.3 is 5.97 Å². The fourth-order valence-corrected chi connectivity index (χ4v) is 2.57. The lowest BCUT2D eigenvalue weighted by Gasteiger charge is -2.08. The molecule has 0 spiro atoms. The van der Waals surface area contributed by atoms with Gasteiger partial charge in [-0.3, -0.25) is 4.72 Å². The number of rotatable bonds is 5. The first-order valence-corrected chi connectivity index (χ1v) is 7.27. The van der Waals surface area contributed by atoms with E-state index in [0.29, 0.717) is 5.75 Å². The lowest BCUT2D eigenvalue weighted by Crippen LogP contribution is -2.14. The molecule has 0 atom stereocenters. The van der Waals surface area contributed by atoms with Gasteiger partial charge in [0.15, 0.2) is 0 Å². The number of carboxylic acids is 1. The molecule has 0 aliphatic rings. The molecular weight excluding hydrogens is 296 g/mol. The summed E-state index contributed by atoms with van der Waals surface area (Å²) in [6.45, 7) is 0. The van der Waals surface area contributed by atoms with Crippen LogP contribution in [0.3, 0.4) is 0 Å². The van der Waals surface area contributed by atoms with Crippen molar-refractivity contribution < 1.29 is 23.1 Å². The summed E-state index contributed by atoms with van der Waals surface area (Å²) in [4.78, 5) is 14.6. The first kappa shape index (κ1) is 14.8. The highest BCUT2D eigenvalue weighted by atomic mass is 32.2. The molecule has 1 aromatic carbocycles. The van der Waals surface area contributed by atoms with E-state index in [1.54, 1.807) is 0 Å². The van der Waals surface area contributed by atoms with Crippen LogP contribution in [0.25, 0.3) is 0 Å². The monoisotopic (exact) mass is 308 g/mol. The summed E-state index contributed by atoms with van der Waals surface area (Å²) < 4.78 is 31.5. The third-order valence-electron chi connectivity index (χ3n) is 2.62. The molecule has 0 aliphatic heterocycles. The molecule has 0 aliphatic carbocycles. The highest BCUT2D eigenvalue weighted by molar-refractivity contribution is 7.92. The fraction of sp³-hybridized carbons (Fsp3) is 0.0769. The largest absolute Gasteiger partial charge is 0.497 e. The second-order valence-corrected chi connectivity index (χ2v) is 5.70. The number of hydrogen-bond donors (Lipinski definition) is 2. The third kappa shape index (κ3) is 3.48. The van der Waals surface area contributed by atoms with E-state index >= 15 is 0 Å². The van der Waals surface area contributed by atoms with Crippen LogP contribution in [-0.2, 0) is 10.0 Å². The predicted octanol–water partition coefficient (Wildman–Crippen LogP) is 1.59. The topological polar surface area (TPSA) is 106 Å². The third-order valence-corrected chi connectivity index (χ3v) is 3.99. The Morgan fingerprint density at radius 1 is 1.24 bits per heavy atom. The van der Waals surface area contributed by atoms with Crippen LogP contribution in [0.4, 0.5) is 5.82 Å². The summed E-state index contributed by atoms with van der Waals surface area (Å²) in [5.41, 5.74) is -0.0579. The van der Waals surface area contributed by atoms with Crippen LogP contribution in [0.1, 0.15) is 10.4 Å². The van der Waals surface area contributed by atoms with Crippen molar-refractivity contribution in [3.63, 3.8) is 0 Å². The van der Waals surface area contributed by atoms with Gasteiger partial charge in [0.25, 0.3) is 10.0 Å². The number of carbonyl (C=O) groups is 1. The number of anilines is 1.